The molecule has 0 radical (unpaired) electrons. The highest BCUT2D eigenvalue weighted by atomic mass is 32.2. The molecule has 7 nitrogen and oxygen atoms in total. The minimum absolute atomic E-state index is 0.0713. The molecule has 0 unspecified atom stereocenters. The van der Waals surface area contributed by atoms with Crippen molar-refractivity contribution in [1.82, 2.24) is 4.98 Å². The molecule has 4 aromatic rings. The Balaban J connectivity index is 1.82. The maximum Gasteiger partial charge on any atom is 0.358 e. The molecule has 1 aromatic heterocycles. The van der Waals surface area contributed by atoms with Crippen LogP contribution in [0.1, 0.15) is 32.2 Å². The summed E-state index contributed by atoms with van der Waals surface area (Å²) in [4.78, 5) is 17.5. The Labute approximate surface area is 185 Å². The third-order valence-corrected chi connectivity index (χ3v) is 6.04. The van der Waals surface area contributed by atoms with E-state index >= 15 is 0 Å². The second-order valence-corrected chi connectivity index (χ2v) is 10.0. The Bertz CT molecular complexity index is 1460. The van der Waals surface area contributed by atoms with Crippen molar-refractivity contribution in [2.45, 2.75) is 32.6 Å². The predicted molar refractivity (Wildman–Crippen MR) is 122 cm³/mol. The van der Waals surface area contributed by atoms with Crippen LogP contribution in [0.25, 0.3) is 21.9 Å². The minimum Gasteiger partial charge on any atom is -0.434 e. The van der Waals surface area contributed by atoms with Crippen molar-refractivity contribution in [3.63, 3.8) is 0 Å². The Morgan fingerprint density at radius 1 is 1.00 bits per heavy atom. The van der Waals surface area contributed by atoms with Crippen molar-refractivity contribution in [3.8, 4) is 0 Å². The molecule has 0 saturated carbocycles. The van der Waals surface area contributed by atoms with Gasteiger partial charge in [-0.05, 0) is 30.5 Å². The van der Waals surface area contributed by atoms with Gasteiger partial charge in [-0.1, -0.05) is 74.0 Å². The van der Waals surface area contributed by atoms with E-state index in [0.29, 0.717) is 11.1 Å². The molecule has 0 spiro atoms. The van der Waals surface area contributed by atoms with Crippen molar-refractivity contribution in [1.29, 1.82) is 0 Å². The zero-order chi connectivity index (χ0) is 23.1. The monoisotopic (exact) mass is 450 g/mol. The van der Waals surface area contributed by atoms with Gasteiger partial charge in [0.2, 0.25) is 5.71 Å². The zero-order valence-electron chi connectivity index (χ0n) is 18.1. The number of nitrogens with zero attached hydrogens (tertiary/aromatic N) is 2. The molecule has 32 heavy (non-hydrogen) atoms. The lowest BCUT2D eigenvalue weighted by Gasteiger charge is -2.15. The number of rotatable bonds is 5. The Morgan fingerprint density at radius 3 is 2.38 bits per heavy atom. The summed E-state index contributed by atoms with van der Waals surface area (Å²) in [6.07, 6.45) is 0. The second-order valence-electron chi connectivity index (χ2n) is 8.51. The average molecular weight is 451 g/mol. The third-order valence-electron chi connectivity index (χ3n) is 4.92. The van der Waals surface area contributed by atoms with Gasteiger partial charge in [-0.25, -0.2) is 4.98 Å². The average Bonchev–Trinajstić information content (AvgIpc) is 3.18. The van der Waals surface area contributed by atoms with Crippen LogP contribution in [-0.2, 0) is 19.2 Å². The molecule has 4 rings (SSSR count). The molecular formula is C24H22N2O5S. The second kappa shape index (κ2) is 7.87. The van der Waals surface area contributed by atoms with E-state index in [9.17, 15) is 13.2 Å². The first-order chi connectivity index (χ1) is 15.1. The molecule has 0 N–H and O–H groups in total. The normalized spacial score (nSPS) is 12.9. The number of fused-ring (bicyclic) bond motifs is 3. The summed E-state index contributed by atoms with van der Waals surface area (Å²) in [7, 11) is -4.23. The number of benzene rings is 3. The van der Waals surface area contributed by atoms with Crippen molar-refractivity contribution in [2.24, 2.45) is 10.6 Å². The van der Waals surface area contributed by atoms with E-state index in [1.54, 1.807) is 39.0 Å². The molecule has 0 amide bonds. The van der Waals surface area contributed by atoms with Crippen LogP contribution in [0.3, 0.4) is 0 Å². The first-order valence-corrected chi connectivity index (χ1v) is 11.4. The van der Waals surface area contributed by atoms with Gasteiger partial charge in [-0.3, -0.25) is 9.08 Å². The van der Waals surface area contributed by atoms with Crippen LogP contribution in [0, 0.1) is 12.3 Å². The molecule has 0 aliphatic heterocycles. The first kappa shape index (κ1) is 21.7. The highest BCUT2D eigenvalue weighted by molar-refractivity contribution is 7.86. The molecule has 1 heterocycles. The number of Topliss-reactive ketones (excluding diaryl/α,β-unsaturated/α-hetero) is 1. The first-order valence-electron chi connectivity index (χ1n) is 9.98. The number of aromatic nitrogens is 1. The largest absolute Gasteiger partial charge is 0.434 e. The van der Waals surface area contributed by atoms with E-state index in [0.717, 1.165) is 16.3 Å². The van der Waals surface area contributed by atoms with Gasteiger partial charge in [-0.2, -0.15) is 8.42 Å². The van der Waals surface area contributed by atoms with Gasteiger partial charge in [0.15, 0.2) is 11.4 Å². The van der Waals surface area contributed by atoms with Crippen molar-refractivity contribution < 1.29 is 21.9 Å². The molecule has 0 atom stereocenters. The third kappa shape index (κ3) is 4.13. The van der Waals surface area contributed by atoms with E-state index in [2.05, 4.69) is 10.1 Å². The van der Waals surface area contributed by atoms with Gasteiger partial charge >= 0.3 is 10.1 Å². The molecule has 0 saturated heterocycles. The Morgan fingerprint density at radius 2 is 1.69 bits per heavy atom. The molecule has 0 fully saturated rings. The standard InChI is InChI=1S/C24H22N2O5S/c1-15-9-12-17(13-10-15)32(28,29)31-26-21(22(27)24(2,3)4)23-25-20-18-8-6-5-7-16(18)11-14-19(20)30-23/h5-14H,1-4H3. The minimum atomic E-state index is -4.23. The maximum absolute atomic E-state index is 13.1. The van der Waals surface area contributed by atoms with Crippen LogP contribution in [0.5, 0.6) is 0 Å². The number of carbonyl (C=O) groups is 1. The van der Waals surface area contributed by atoms with Crippen molar-refractivity contribution >= 4 is 43.5 Å². The Hall–Kier alpha value is -3.52. The van der Waals surface area contributed by atoms with Gasteiger partial charge in [0.1, 0.15) is 10.4 Å². The summed E-state index contributed by atoms with van der Waals surface area (Å²) in [5, 5.41) is 5.53. The maximum atomic E-state index is 13.1. The number of aryl methyl sites for hydroxylation is 1. The SMILES string of the molecule is Cc1ccc(S(=O)(=O)ON=C(C(=O)C(C)(C)C)c2nc3c(ccc4ccccc43)o2)cc1. The van der Waals surface area contributed by atoms with E-state index in [1.807, 2.05) is 37.3 Å². The van der Waals surface area contributed by atoms with E-state index in [4.69, 9.17) is 8.70 Å². The molecule has 3 aromatic carbocycles. The number of ketones is 1. The lowest BCUT2D eigenvalue weighted by molar-refractivity contribution is -0.119. The van der Waals surface area contributed by atoms with Crippen LogP contribution in [0.2, 0.25) is 0 Å². The fourth-order valence-electron chi connectivity index (χ4n) is 3.13. The smallest absolute Gasteiger partial charge is 0.358 e. The van der Waals surface area contributed by atoms with Crippen molar-refractivity contribution in [2.75, 3.05) is 0 Å². The highest BCUT2D eigenvalue weighted by Gasteiger charge is 2.32. The molecule has 8 heteroatoms. The number of carbonyl (C=O) groups excluding carboxylic acids is 1. The number of oxazole rings is 1. The van der Waals surface area contributed by atoms with Crippen LogP contribution in [-0.4, -0.2) is 24.9 Å². The molecule has 0 aliphatic rings. The zero-order valence-corrected chi connectivity index (χ0v) is 18.9. The summed E-state index contributed by atoms with van der Waals surface area (Å²) >= 11 is 0. The van der Waals surface area contributed by atoms with E-state index in [-0.39, 0.29) is 16.5 Å². The summed E-state index contributed by atoms with van der Waals surface area (Å²) < 4.78 is 35.9. The lowest BCUT2D eigenvalue weighted by Crippen LogP contribution is -2.30. The predicted octanol–water partition coefficient (Wildman–Crippen LogP) is 5.01. The molecule has 164 valence electrons. The van der Waals surface area contributed by atoms with Crippen LogP contribution < -0.4 is 0 Å². The molecule has 0 aliphatic carbocycles. The fourth-order valence-corrected chi connectivity index (χ4v) is 3.86. The van der Waals surface area contributed by atoms with Crippen LogP contribution >= 0.6 is 0 Å². The van der Waals surface area contributed by atoms with Gasteiger partial charge in [0.05, 0.1) is 0 Å². The van der Waals surface area contributed by atoms with Gasteiger partial charge < -0.3 is 4.42 Å². The number of oxime groups is 1. The highest BCUT2D eigenvalue weighted by Crippen LogP contribution is 2.27. The van der Waals surface area contributed by atoms with Crippen LogP contribution in [0.15, 0.2) is 75.1 Å². The van der Waals surface area contributed by atoms with Gasteiger partial charge in [-0.15, -0.1) is 0 Å². The number of hydrogen-bond acceptors (Lipinski definition) is 7. The van der Waals surface area contributed by atoms with Gasteiger partial charge in [0.25, 0.3) is 5.89 Å². The molecule has 0 bridgehead atoms. The Kier molecular flexibility index (Phi) is 5.34. The quantitative estimate of drug-likeness (QED) is 0.313. The lowest BCUT2D eigenvalue weighted by atomic mass is 9.88. The summed E-state index contributed by atoms with van der Waals surface area (Å²) in [6, 6.07) is 17.4. The fraction of sp³-hybridized carbons (Fsp3) is 0.208. The summed E-state index contributed by atoms with van der Waals surface area (Å²) in [5.41, 5.74) is 0.727. The van der Waals surface area contributed by atoms with Crippen molar-refractivity contribution in [3.05, 3.63) is 72.1 Å². The van der Waals surface area contributed by atoms with E-state index in [1.165, 1.54) is 12.1 Å². The van der Waals surface area contributed by atoms with Crippen LogP contribution in [0.4, 0.5) is 0 Å². The summed E-state index contributed by atoms with van der Waals surface area (Å²) in [5.74, 6) is -0.567. The van der Waals surface area contributed by atoms with Gasteiger partial charge in [0, 0.05) is 10.8 Å². The molecular weight excluding hydrogens is 428 g/mol. The topological polar surface area (TPSA) is 98.8 Å². The number of hydrogen-bond donors (Lipinski definition) is 0. The van der Waals surface area contributed by atoms with E-state index < -0.39 is 21.3 Å². The summed E-state index contributed by atoms with van der Waals surface area (Å²) in [6.45, 7) is 6.92.